The van der Waals surface area contributed by atoms with Gasteiger partial charge in [0.1, 0.15) is 5.82 Å². The molecule has 23 heavy (non-hydrogen) atoms. The summed E-state index contributed by atoms with van der Waals surface area (Å²) >= 11 is 0. The predicted molar refractivity (Wildman–Crippen MR) is 88.6 cm³/mol. The summed E-state index contributed by atoms with van der Waals surface area (Å²) in [5.74, 6) is 1.69. The molecule has 1 aliphatic carbocycles. The maximum atomic E-state index is 9.18. The van der Waals surface area contributed by atoms with Crippen LogP contribution in [-0.2, 0) is 0 Å². The normalized spacial score (nSPS) is 14.8. The minimum absolute atomic E-state index is 0.0178. The van der Waals surface area contributed by atoms with Crippen molar-refractivity contribution in [3.05, 3.63) is 41.6 Å². The van der Waals surface area contributed by atoms with Gasteiger partial charge in [0.15, 0.2) is 0 Å². The highest BCUT2D eigenvalue weighted by Gasteiger charge is 2.26. The van der Waals surface area contributed by atoms with Crippen molar-refractivity contribution in [2.45, 2.75) is 31.7 Å². The zero-order valence-electron chi connectivity index (χ0n) is 13.0. The SMILES string of the molecule is C[C@H](CO)Nc1nc(Nc2cccc(C#N)c2)cc(C2CC2)n1. The van der Waals surface area contributed by atoms with Crippen LogP contribution >= 0.6 is 0 Å². The molecule has 0 aliphatic heterocycles. The molecule has 0 unspecified atom stereocenters. The lowest BCUT2D eigenvalue weighted by Gasteiger charge is -2.14. The fourth-order valence-corrected chi connectivity index (χ4v) is 2.26. The molecule has 0 radical (unpaired) electrons. The molecule has 0 saturated heterocycles. The second-order valence-electron chi connectivity index (χ2n) is 5.82. The quantitative estimate of drug-likeness (QED) is 0.759. The van der Waals surface area contributed by atoms with Gasteiger partial charge in [0.05, 0.1) is 23.9 Å². The zero-order chi connectivity index (χ0) is 16.2. The Bertz CT molecular complexity index is 736. The molecule has 1 aliphatic rings. The topological polar surface area (TPSA) is 93.9 Å². The van der Waals surface area contributed by atoms with Crippen molar-refractivity contribution in [1.82, 2.24) is 9.97 Å². The van der Waals surface area contributed by atoms with Crippen molar-refractivity contribution < 1.29 is 5.11 Å². The molecule has 2 aromatic rings. The summed E-state index contributed by atoms with van der Waals surface area (Å²) < 4.78 is 0. The largest absolute Gasteiger partial charge is 0.394 e. The Kier molecular flexibility index (Phi) is 4.40. The van der Waals surface area contributed by atoms with Crippen molar-refractivity contribution in [2.24, 2.45) is 0 Å². The molecular weight excluding hydrogens is 290 g/mol. The molecule has 0 amide bonds. The molecule has 0 spiro atoms. The summed E-state index contributed by atoms with van der Waals surface area (Å²) in [7, 11) is 0. The van der Waals surface area contributed by atoms with Crippen LogP contribution in [0.3, 0.4) is 0 Å². The lowest BCUT2D eigenvalue weighted by atomic mass is 10.2. The van der Waals surface area contributed by atoms with Crippen molar-refractivity contribution >= 4 is 17.5 Å². The van der Waals surface area contributed by atoms with Gasteiger partial charge in [-0.25, -0.2) is 4.98 Å². The molecule has 3 N–H and O–H groups in total. The molecule has 3 rings (SSSR count). The van der Waals surface area contributed by atoms with E-state index in [0.29, 0.717) is 23.2 Å². The third kappa shape index (κ3) is 3.96. The summed E-state index contributed by atoms with van der Waals surface area (Å²) in [5, 5.41) is 24.5. The van der Waals surface area contributed by atoms with Crippen LogP contribution in [0.2, 0.25) is 0 Å². The zero-order valence-corrected chi connectivity index (χ0v) is 13.0. The van der Waals surface area contributed by atoms with E-state index in [2.05, 4.69) is 26.7 Å². The van der Waals surface area contributed by atoms with Gasteiger partial charge in [0, 0.05) is 23.7 Å². The molecule has 1 aromatic heterocycles. The van der Waals surface area contributed by atoms with Gasteiger partial charge < -0.3 is 15.7 Å². The highest BCUT2D eigenvalue weighted by molar-refractivity contribution is 5.60. The highest BCUT2D eigenvalue weighted by atomic mass is 16.3. The van der Waals surface area contributed by atoms with E-state index >= 15 is 0 Å². The van der Waals surface area contributed by atoms with Crippen LogP contribution < -0.4 is 10.6 Å². The molecule has 1 heterocycles. The summed E-state index contributed by atoms with van der Waals surface area (Å²) in [5.41, 5.74) is 2.41. The fourth-order valence-electron chi connectivity index (χ4n) is 2.26. The van der Waals surface area contributed by atoms with Crippen LogP contribution in [0.25, 0.3) is 0 Å². The van der Waals surface area contributed by atoms with Crippen LogP contribution in [0.1, 0.15) is 36.9 Å². The molecule has 6 heteroatoms. The van der Waals surface area contributed by atoms with E-state index in [1.54, 1.807) is 12.1 Å². The van der Waals surface area contributed by atoms with Crippen LogP contribution in [0.5, 0.6) is 0 Å². The van der Waals surface area contributed by atoms with E-state index in [0.717, 1.165) is 24.2 Å². The van der Waals surface area contributed by atoms with Crippen LogP contribution in [-0.4, -0.2) is 27.7 Å². The Labute approximate surface area is 135 Å². The number of nitrogens with zero attached hydrogens (tertiary/aromatic N) is 3. The first-order valence-corrected chi connectivity index (χ1v) is 7.71. The minimum atomic E-state index is -0.112. The lowest BCUT2D eigenvalue weighted by Crippen LogP contribution is -2.21. The number of rotatable bonds is 6. The monoisotopic (exact) mass is 309 g/mol. The Morgan fingerprint density at radius 2 is 2.17 bits per heavy atom. The van der Waals surface area contributed by atoms with E-state index in [9.17, 15) is 5.11 Å². The van der Waals surface area contributed by atoms with Crippen LogP contribution in [0.15, 0.2) is 30.3 Å². The van der Waals surface area contributed by atoms with E-state index in [1.807, 2.05) is 25.1 Å². The highest BCUT2D eigenvalue weighted by Crippen LogP contribution is 2.40. The number of hydrogen-bond donors (Lipinski definition) is 3. The number of anilines is 3. The van der Waals surface area contributed by atoms with Gasteiger partial charge in [-0.3, -0.25) is 0 Å². The standard InChI is InChI=1S/C17H19N5O/c1-11(10-23)19-17-21-15(13-5-6-13)8-16(22-17)20-14-4-2-3-12(7-14)9-18/h2-4,7-8,11,13,23H,5-6,10H2,1H3,(H2,19,20,21,22)/t11-/m1/s1. The van der Waals surface area contributed by atoms with Crippen molar-refractivity contribution in [3.8, 4) is 6.07 Å². The number of hydrogen-bond acceptors (Lipinski definition) is 6. The maximum absolute atomic E-state index is 9.18. The van der Waals surface area contributed by atoms with Gasteiger partial charge >= 0.3 is 0 Å². The van der Waals surface area contributed by atoms with Gasteiger partial charge in [-0.2, -0.15) is 10.2 Å². The van der Waals surface area contributed by atoms with Gasteiger partial charge in [-0.05, 0) is 38.0 Å². The van der Waals surface area contributed by atoms with Gasteiger partial charge in [0.2, 0.25) is 5.95 Å². The molecular formula is C17H19N5O. The molecule has 1 fully saturated rings. The smallest absolute Gasteiger partial charge is 0.225 e. The number of aliphatic hydroxyl groups excluding tert-OH is 1. The molecule has 1 saturated carbocycles. The Balaban J connectivity index is 1.86. The Morgan fingerprint density at radius 1 is 1.35 bits per heavy atom. The number of aliphatic hydroxyl groups is 1. The molecule has 1 aromatic carbocycles. The second-order valence-corrected chi connectivity index (χ2v) is 5.82. The third-order valence-corrected chi connectivity index (χ3v) is 3.66. The van der Waals surface area contributed by atoms with Crippen LogP contribution in [0.4, 0.5) is 17.5 Å². The van der Waals surface area contributed by atoms with E-state index in [4.69, 9.17) is 5.26 Å². The van der Waals surface area contributed by atoms with Crippen LogP contribution in [0, 0.1) is 11.3 Å². The number of benzene rings is 1. The van der Waals surface area contributed by atoms with Crippen molar-refractivity contribution in [3.63, 3.8) is 0 Å². The van der Waals surface area contributed by atoms with E-state index < -0.39 is 0 Å². The molecule has 0 bridgehead atoms. The first-order valence-electron chi connectivity index (χ1n) is 7.71. The Hall–Kier alpha value is -2.65. The first kappa shape index (κ1) is 15.3. The van der Waals surface area contributed by atoms with Gasteiger partial charge in [-0.15, -0.1) is 0 Å². The summed E-state index contributed by atoms with van der Waals surface area (Å²) in [6.07, 6.45) is 2.30. The van der Waals surface area contributed by atoms with Gasteiger partial charge in [0.25, 0.3) is 0 Å². The number of aromatic nitrogens is 2. The molecule has 1 atom stereocenters. The molecule has 6 nitrogen and oxygen atoms in total. The average molecular weight is 309 g/mol. The average Bonchev–Trinajstić information content (AvgIpc) is 3.39. The van der Waals surface area contributed by atoms with Crippen molar-refractivity contribution in [2.75, 3.05) is 17.2 Å². The minimum Gasteiger partial charge on any atom is -0.394 e. The van der Waals surface area contributed by atoms with Gasteiger partial charge in [-0.1, -0.05) is 6.07 Å². The van der Waals surface area contributed by atoms with E-state index in [1.165, 1.54) is 0 Å². The maximum Gasteiger partial charge on any atom is 0.225 e. The first-order chi connectivity index (χ1) is 11.2. The molecule has 118 valence electrons. The number of nitriles is 1. The summed E-state index contributed by atoms with van der Waals surface area (Å²) in [6.45, 7) is 1.89. The van der Waals surface area contributed by atoms with Crippen molar-refractivity contribution in [1.29, 1.82) is 5.26 Å². The number of nitrogens with one attached hydrogen (secondary N) is 2. The van der Waals surface area contributed by atoms with E-state index in [-0.39, 0.29) is 12.6 Å². The predicted octanol–water partition coefficient (Wildman–Crippen LogP) is 2.76. The Morgan fingerprint density at radius 3 is 2.87 bits per heavy atom. The summed E-state index contributed by atoms with van der Waals surface area (Å²) in [6, 6.07) is 11.2. The lowest BCUT2D eigenvalue weighted by molar-refractivity contribution is 0.281. The summed E-state index contributed by atoms with van der Waals surface area (Å²) in [4.78, 5) is 8.99. The third-order valence-electron chi connectivity index (χ3n) is 3.66. The fraction of sp³-hybridized carbons (Fsp3) is 0.353. The second kappa shape index (κ2) is 6.63.